The Morgan fingerprint density at radius 3 is 2.65 bits per heavy atom. The third kappa shape index (κ3) is 8.04. The quantitative estimate of drug-likeness (QED) is 0.539. The molecule has 0 radical (unpaired) electrons. The summed E-state index contributed by atoms with van der Waals surface area (Å²) in [6.07, 6.45) is 0. The van der Waals surface area contributed by atoms with Gasteiger partial charge in [0.1, 0.15) is 0 Å². The molecule has 0 aliphatic carbocycles. The second-order valence-corrected chi connectivity index (χ2v) is 6.02. The Hall–Kier alpha value is -2.31. The summed E-state index contributed by atoms with van der Waals surface area (Å²) in [5.74, 6) is 1.05. The molecule has 0 fully saturated rings. The van der Waals surface area contributed by atoms with Crippen molar-refractivity contribution in [2.24, 2.45) is 4.99 Å². The van der Waals surface area contributed by atoms with E-state index in [4.69, 9.17) is 4.74 Å². The van der Waals surface area contributed by atoms with Crippen LogP contribution in [0.5, 0.6) is 5.88 Å². The molecule has 7 nitrogen and oxygen atoms in total. The van der Waals surface area contributed by atoms with E-state index in [1.54, 1.807) is 13.2 Å². The van der Waals surface area contributed by atoms with Crippen molar-refractivity contribution in [2.75, 3.05) is 20.2 Å². The smallest absolute Gasteiger partial charge is 0.239 e. The van der Waals surface area contributed by atoms with Crippen molar-refractivity contribution in [3.8, 4) is 5.88 Å². The maximum absolute atomic E-state index is 11.8. The van der Waals surface area contributed by atoms with Gasteiger partial charge in [0.2, 0.25) is 11.8 Å². The standard InChI is InChI=1S/C16H27N5O2/c1-6-17-15(19-11-13(22)21-16(2,3)4)18-10-12-8-7-9-14(20-12)23-5/h7-9H,6,10-11H2,1-5H3,(H,21,22)(H2,17,18,19). The Kier molecular flexibility index (Phi) is 7.31. The lowest BCUT2D eigenvalue weighted by atomic mass is 10.1. The van der Waals surface area contributed by atoms with Crippen LogP contribution in [0.3, 0.4) is 0 Å². The van der Waals surface area contributed by atoms with E-state index in [-0.39, 0.29) is 18.0 Å². The van der Waals surface area contributed by atoms with Crippen molar-refractivity contribution in [1.82, 2.24) is 20.9 Å². The van der Waals surface area contributed by atoms with Crippen molar-refractivity contribution in [3.05, 3.63) is 23.9 Å². The number of amides is 1. The highest BCUT2D eigenvalue weighted by molar-refractivity contribution is 5.86. The molecule has 1 aromatic heterocycles. The molecular weight excluding hydrogens is 294 g/mol. The monoisotopic (exact) mass is 321 g/mol. The molecule has 3 N–H and O–H groups in total. The predicted molar refractivity (Wildman–Crippen MR) is 91.5 cm³/mol. The van der Waals surface area contributed by atoms with Crippen LogP contribution in [0.2, 0.25) is 0 Å². The molecule has 0 saturated heterocycles. The summed E-state index contributed by atoms with van der Waals surface area (Å²) in [5.41, 5.74) is 0.541. The van der Waals surface area contributed by atoms with E-state index in [1.807, 2.05) is 39.8 Å². The van der Waals surface area contributed by atoms with Crippen LogP contribution in [0.1, 0.15) is 33.4 Å². The maximum Gasteiger partial charge on any atom is 0.239 e. The number of hydrogen-bond donors (Lipinski definition) is 3. The Balaban J connectivity index is 2.60. The van der Waals surface area contributed by atoms with Crippen LogP contribution in [0.25, 0.3) is 0 Å². The van der Waals surface area contributed by atoms with Gasteiger partial charge in [0.15, 0.2) is 5.96 Å². The molecule has 0 aliphatic rings. The number of aromatic nitrogens is 1. The lowest BCUT2D eigenvalue weighted by Gasteiger charge is -2.21. The first-order valence-corrected chi connectivity index (χ1v) is 7.67. The minimum absolute atomic E-state index is 0.0809. The number of aliphatic imine (C=N–C) groups is 1. The molecule has 0 spiro atoms. The third-order valence-corrected chi connectivity index (χ3v) is 2.66. The lowest BCUT2D eigenvalue weighted by molar-refractivity contribution is -0.121. The number of methoxy groups -OCH3 is 1. The van der Waals surface area contributed by atoms with Gasteiger partial charge in [-0.1, -0.05) is 6.07 Å². The van der Waals surface area contributed by atoms with E-state index < -0.39 is 0 Å². The average Bonchev–Trinajstić information content (AvgIpc) is 2.48. The number of ether oxygens (including phenoxy) is 1. The van der Waals surface area contributed by atoms with E-state index >= 15 is 0 Å². The minimum atomic E-state index is -0.251. The van der Waals surface area contributed by atoms with E-state index in [9.17, 15) is 4.79 Å². The highest BCUT2D eigenvalue weighted by Crippen LogP contribution is 2.07. The van der Waals surface area contributed by atoms with Gasteiger partial charge in [-0.25, -0.2) is 9.98 Å². The molecule has 7 heteroatoms. The van der Waals surface area contributed by atoms with Crippen molar-refractivity contribution < 1.29 is 9.53 Å². The molecular formula is C16H27N5O2. The fourth-order valence-electron chi connectivity index (χ4n) is 1.79. The first-order valence-electron chi connectivity index (χ1n) is 7.67. The van der Waals surface area contributed by atoms with Gasteiger partial charge in [-0.3, -0.25) is 4.79 Å². The molecule has 1 aromatic rings. The normalized spacial score (nSPS) is 11.8. The number of pyridine rings is 1. The van der Waals surface area contributed by atoms with Gasteiger partial charge < -0.3 is 20.7 Å². The van der Waals surface area contributed by atoms with Gasteiger partial charge in [0.05, 0.1) is 25.9 Å². The highest BCUT2D eigenvalue weighted by atomic mass is 16.5. The molecule has 0 unspecified atom stereocenters. The molecule has 23 heavy (non-hydrogen) atoms. The first kappa shape index (κ1) is 18.7. The van der Waals surface area contributed by atoms with Crippen LogP contribution in [0, 0.1) is 0 Å². The van der Waals surface area contributed by atoms with E-state index in [0.29, 0.717) is 24.9 Å². The molecule has 1 amide bonds. The second-order valence-electron chi connectivity index (χ2n) is 6.02. The highest BCUT2D eigenvalue weighted by Gasteiger charge is 2.13. The molecule has 1 rings (SSSR count). The number of hydrogen-bond acceptors (Lipinski definition) is 4. The SMILES string of the molecule is CCNC(=NCc1cccc(OC)n1)NCC(=O)NC(C)(C)C. The van der Waals surface area contributed by atoms with Gasteiger partial charge in [0.25, 0.3) is 0 Å². The van der Waals surface area contributed by atoms with Crippen LogP contribution in [-0.2, 0) is 11.3 Å². The van der Waals surface area contributed by atoms with Gasteiger partial charge >= 0.3 is 0 Å². The molecule has 0 bridgehead atoms. The summed E-state index contributed by atoms with van der Waals surface area (Å²) in [7, 11) is 1.58. The van der Waals surface area contributed by atoms with Crippen LogP contribution in [0.15, 0.2) is 23.2 Å². The number of carbonyl (C=O) groups is 1. The first-order chi connectivity index (χ1) is 10.8. The zero-order valence-corrected chi connectivity index (χ0v) is 14.6. The maximum atomic E-state index is 11.8. The Bertz CT molecular complexity index is 538. The number of rotatable bonds is 6. The van der Waals surface area contributed by atoms with E-state index in [1.165, 1.54) is 0 Å². The topological polar surface area (TPSA) is 87.6 Å². The summed E-state index contributed by atoms with van der Waals surface area (Å²) in [4.78, 5) is 20.6. The van der Waals surface area contributed by atoms with Crippen LogP contribution < -0.4 is 20.7 Å². The minimum Gasteiger partial charge on any atom is -0.481 e. The van der Waals surface area contributed by atoms with Crippen molar-refractivity contribution >= 4 is 11.9 Å². The zero-order valence-electron chi connectivity index (χ0n) is 14.6. The molecule has 0 atom stereocenters. The van der Waals surface area contributed by atoms with Gasteiger partial charge in [-0.2, -0.15) is 0 Å². The zero-order chi connectivity index (χ0) is 17.3. The fraction of sp³-hybridized carbons (Fsp3) is 0.562. The summed E-state index contributed by atoms with van der Waals surface area (Å²) in [6, 6.07) is 5.53. The summed E-state index contributed by atoms with van der Waals surface area (Å²) in [6.45, 7) is 9.06. The van der Waals surface area contributed by atoms with Gasteiger partial charge in [-0.15, -0.1) is 0 Å². The second kappa shape index (κ2) is 8.97. The molecule has 0 aromatic carbocycles. The van der Waals surface area contributed by atoms with Gasteiger partial charge in [-0.05, 0) is 33.8 Å². The average molecular weight is 321 g/mol. The molecule has 1 heterocycles. The van der Waals surface area contributed by atoms with Crippen LogP contribution in [0.4, 0.5) is 0 Å². The molecule has 0 saturated carbocycles. The Morgan fingerprint density at radius 1 is 1.30 bits per heavy atom. The van der Waals surface area contributed by atoms with Crippen molar-refractivity contribution in [2.45, 2.75) is 39.8 Å². The Morgan fingerprint density at radius 2 is 2.04 bits per heavy atom. The molecule has 0 aliphatic heterocycles. The summed E-state index contributed by atoms with van der Waals surface area (Å²) in [5, 5.41) is 9.00. The van der Waals surface area contributed by atoms with Crippen LogP contribution >= 0.6 is 0 Å². The van der Waals surface area contributed by atoms with Crippen molar-refractivity contribution in [3.63, 3.8) is 0 Å². The van der Waals surface area contributed by atoms with E-state index in [0.717, 1.165) is 5.69 Å². The number of carbonyl (C=O) groups excluding carboxylic acids is 1. The van der Waals surface area contributed by atoms with Crippen molar-refractivity contribution in [1.29, 1.82) is 0 Å². The molecule has 128 valence electrons. The predicted octanol–water partition coefficient (Wildman–Crippen LogP) is 1.06. The third-order valence-electron chi connectivity index (χ3n) is 2.66. The largest absolute Gasteiger partial charge is 0.481 e. The number of nitrogens with one attached hydrogen (secondary N) is 3. The van der Waals surface area contributed by atoms with E-state index in [2.05, 4.69) is 25.9 Å². The summed E-state index contributed by atoms with van der Waals surface area (Å²) < 4.78 is 5.09. The lowest BCUT2D eigenvalue weighted by Crippen LogP contribution is -2.48. The summed E-state index contributed by atoms with van der Waals surface area (Å²) >= 11 is 0. The fourth-order valence-corrected chi connectivity index (χ4v) is 1.79. The van der Waals surface area contributed by atoms with Crippen LogP contribution in [-0.4, -0.2) is 42.6 Å². The Labute approximate surface area is 137 Å². The van der Waals surface area contributed by atoms with Gasteiger partial charge in [0, 0.05) is 18.2 Å². The number of nitrogens with zero attached hydrogens (tertiary/aromatic N) is 2. The number of guanidine groups is 1.